The summed E-state index contributed by atoms with van der Waals surface area (Å²) in [5, 5.41) is 0. The third-order valence-electron chi connectivity index (χ3n) is 2.80. The average Bonchev–Trinajstić information content (AvgIpc) is 2.42. The molecule has 1 aromatic carbocycles. The maximum Gasteiger partial charge on any atom is 0.139 e. The highest BCUT2D eigenvalue weighted by atomic mass is 16.5. The molecule has 0 amide bonds. The molecule has 94 valence electrons. The van der Waals surface area contributed by atoms with Crippen molar-refractivity contribution < 1.29 is 9.47 Å². The van der Waals surface area contributed by atoms with Gasteiger partial charge in [-0.15, -0.1) is 0 Å². The average molecular weight is 243 g/mol. The topological polar surface area (TPSA) is 44.5 Å². The van der Waals surface area contributed by atoms with Gasteiger partial charge in [0.05, 0.1) is 6.26 Å². The van der Waals surface area contributed by atoms with Crippen LogP contribution in [0.3, 0.4) is 0 Å². The van der Waals surface area contributed by atoms with Crippen molar-refractivity contribution in [2.75, 3.05) is 7.11 Å². The summed E-state index contributed by atoms with van der Waals surface area (Å²) >= 11 is 0. The van der Waals surface area contributed by atoms with E-state index in [1.165, 1.54) is 0 Å². The lowest BCUT2D eigenvalue weighted by molar-refractivity contribution is 0.0381. The minimum Gasteiger partial charge on any atom is -0.465 e. The van der Waals surface area contributed by atoms with E-state index in [0.29, 0.717) is 6.42 Å². The van der Waals surface area contributed by atoms with Gasteiger partial charge in [0.2, 0.25) is 0 Å². The van der Waals surface area contributed by atoms with E-state index in [2.05, 4.69) is 0 Å². The monoisotopic (exact) mass is 243 g/mol. The van der Waals surface area contributed by atoms with E-state index in [-0.39, 0.29) is 0 Å². The number of hydrogen-bond acceptors (Lipinski definition) is 3. The van der Waals surface area contributed by atoms with Crippen LogP contribution in [0.2, 0.25) is 0 Å². The predicted octanol–water partition coefficient (Wildman–Crippen LogP) is 2.82. The van der Waals surface area contributed by atoms with Gasteiger partial charge in [-0.2, -0.15) is 0 Å². The molecule has 3 heteroatoms. The van der Waals surface area contributed by atoms with Crippen molar-refractivity contribution >= 4 is 6.08 Å². The summed E-state index contributed by atoms with van der Waals surface area (Å²) in [7, 11) is 1.60. The summed E-state index contributed by atoms with van der Waals surface area (Å²) in [4.78, 5) is 0. The van der Waals surface area contributed by atoms with Crippen LogP contribution in [-0.4, -0.2) is 12.8 Å². The Morgan fingerprint density at radius 2 is 2.06 bits per heavy atom. The highest BCUT2D eigenvalue weighted by molar-refractivity contribution is 5.47. The zero-order valence-electron chi connectivity index (χ0n) is 10.4. The van der Waals surface area contributed by atoms with Crippen molar-refractivity contribution in [1.82, 2.24) is 0 Å². The Morgan fingerprint density at radius 1 is 1.28 bits per heavy atom. The first kappa shape index (κ1) is 12.6. The quantitative estimate of drug-likeness (QED) is 0.653. The third-order valence-corrected chi connectivity index (χ3v) is 2.80. The van der Waals surface area contributed by atoms with E-state index >= 15 is 0 Å². The van der Waals surface area contributed by atoms with Crippen LogP contribution in [0.4, 0.5) is 0 Å². The molecule has 1 atom stereocenters. The SMILES string of the molecule is COC1(N)C=CC(OC=Cc2ccccc2)=CC1. The van der Waals surface area contributed by atoms with Gasteiger partial charge in [0, 0.05) is 13.5 Å². The van der Waals surface area contributed by atoms with Gasteiger partial charge >= 0.3 is 0 Å². The molecular formula is C15H17NO2. The van der Waals surface area contributed by atoms with Crippen molar-refractivity contribution in [2.45, 2.75) is 12.1 Å². The molecule has 1 aromatic rings. The molecule has 2 rings (SSSR count). The molecule has 0 aromatic heterocycles. The largest absolute Gasteiger partial charge is 0.465 e. The molecule has 0 aliphatic heterocycles. The van der Waals surface area contributed by atoms with E-state index < -0.39 is 5.72 Å². The Bertz CT molecular complexity index is 477. The van der Waals surface area contributed by atoms with Gasteiger partial charge < -0.3 is 9.47 Å². The van der Waals surface area contributed by atoms with Crippen molar-refractivity contribution in [3.05, 3.63) is 66.1 Å². The highest BCUT2D eigenvalue weighted by Gasteiger charge is 2.22. The fourth-order valence-corrected chi connectivity index (χ4v) is 1.61. The van der Waals surface area contributed by atoms with E-state index in [1.807, 2.05) is 48.6 Å². The van der Waals surface area contributed by atoms with E-state index in [4.69, 9.17) is 15.2 Å². The Kier molecular flexibility index (Phi) is 3.97. The minimum atomic E-state index is -0.698. The van der Waals surface area contributed by atoms with Gasteiger partial charge in [-0.3, -0.25) is 5.73 Å². The molecule has 1 aliphatic carbocycles. The number of allylic oxidation sites excluding steroid dienone is 1. The Labute approximate surface area is 107 Å². The fraction of sp³-hybridized carbons (Fsp3) is 0.200. The molecular weight excluding hydrogens is 226 g/mol. The molecule has 1 unspecified atom stereocenters. The molecule has 0 spiro atoms. The molecule has 0 bridgehead atoms. The molecule has 0 heterocycles. The van der Waals surface area contributed by atoms with E-state index in [0.717, 1.165) is 11.3 Å². The van der Waals surface area contributed by atoms with Gasteiger partial charge in [-0.05, 0) is 29.9 Å². The number of rotatable bonds is 4. The second kappa shape index (κ2) is 5.67. The van der Waals surface area contributed by atoms with Gasteiger partial charge in [-0.1, -0.05) is 30.3 Å². The zero-order valence-corrected chi connectivity index (χ0v) is 10.4. The molecule has 0 saturated carbocycles. The van der Waals surface area contributed by atoms with Crippen molar-refractivity contribution in [1.29, 1.82) is 0 Å². The molecule has 3 nitrogen and oxygen atoms in total. The summed E-state index contributed by atoms with van der Waals surface area (Å²) in [5.74, 6) is 0.778. The first-order valence-corrected chi connectivity index (χ1v) is 5.83. The number of hydrogen-bond donors (Lipinski definition) is 1. The Morgan fingerprint density at radius 3 is 2.67 bits per heavy atom. The first-order valence-electron chi connectivity index (χ1n) is 5.83. The van der Waals surface area contributed by atoms with Crippen molar-refractivity contribution in [3.63, 3.8) is 0 Å². The zero-order chi connectivity index (χ0) is 12.8. The maximum atomic E-state index is 5.91. The number of benzene rings is 1. The van der Waals surface area contributed by atoms with Crippen LogP contribution in [0, 0.1) is 0 Å². The molecule has 1 aliphatic rings. The van der Waals surface area contributed by atoms with Crippen LogP contribution in [0.15, 0.2) is 60.6 Å². The Balaban J connectivity index is 1.90. The number of ether oxygens (including phenoxy) is 2. The van der Waals surface area contributed by atoms with Crippen LogP contribution in [0.25, 0.3) is 6.08 Å². The summed E-state index contributed by atoms with van der Waals surface area (Å²) in [5.41, 5.74) is 6.31. The molecule has 18 heavy (non-hydrogen) atoms. The summed E-state index contributed by atoms with van der Waals surface area (Å²) < 4.78 is 10.7. The lowest BCUT2D eigenvalue weighted by Crippen LogP contribution is -2.40. The van der Waals surface area contributed by atoms with Crippen LogP contribution < -0.4 is 5.73 Å². The maximum absolute atomic E-state index is 5.91. The number of methoxy groups -OCH3 is 1. The minimum absolute atomic E-state index is 0.606. The second-order valence-electron chi connectivity index (χ2n) is 4.13. The smallest absolute Gasteiger partial charge is 0.139 e. The number of nitrogens with two attached hydrogens (primary N) is 1. The summed E-state index contributed by atoms with van der Waals surface area (Å²) in [6.45, 7) is 0. The van der Waals surface area contributed by atoms with Crippen LogP contribution in [0.5, 0.6) is 0 Å². The van der Waals surface area contributed by atoms with Gasteiger partial charge in [0.15, 0.2) is 0 Å². The molecule has 0 radical (unpaired) electrons. The lowest BCUT2D eigenvalue weighted by atomic mass is 10.1. The summed E-state index contributed by atoms with van der Waals surface area (Å²) in [6.07, 6.45) is 9.73. The normalized spacial score (nSPS) is 23.1. The lowest BCUT2D eigenvalue weighted by Gasteiger charge is -2.25. The fourth-order valence-electron chi connectivity index (χ4n) is 1.61. The van der Waals surface area contributed by atoms with E-state index in [1.54, 1.807) is 19.4 Å². The van der Waals surface area contributed by atoms with Crippen LogP contribution in [0.1, 0.15) is 12.0 Å². The van der Waals surface area contributed by atoms with Crippen LogP contribution in [-0.2, 0) is 9.47 Å². The highest BCUT2D eigenvalue weighted by Crippen LogP contribution is 2.20. The van der Waals surface area contributed by atoms with Crippen molar-refractivity contribution in [3.8, 4) is 0 Å². The van der Waals surface area contributed by atoms with E-state index in [9.17, 15) is 0 Å². The van der Waals surface area contributed by atoms with Crippen molar-refractivity contribution in [2.24, 2.45) is 5.73 Å². The van der Waals surface area contributed by atoms with Gasteiger partial charge in [0.25, 0.3) is 0 Å². The van der Waals surface area contributed by atoms with Crippen LogP contribution >= 0.6 is 0 Å². The molecule has 0 saturated heterocycles. The van der Waals surface area contributed by atoms with Gasteiger partial charge in [-0.25, -0.2) is 0 Å². The van der Waals surface area contributed by atoms with Gasteiger partial charge in [0.1, 0.15) is 11.5 Å². The predicted molar refractivity (Wildman–Crippen MR) is 72.3 cm³/mol. The summed E-state index contributed by atoms with van der Waals surface area (Å²) in [6, 6.07) is 9.99. The molecule has 2 N–H and O–H groups in total. The third kappa shape index (κ3) is 3.32. The standard InChI is InChI=1S/C15H17NO2/c1-17-15(16)10-7-14(8-11-15)18-12-9-13-5-3-2-4-6-13/h2-10,12H,11,16H2,1H3. The second-order valence-corrected chi connectivity index (χ2v) is 4.13. The molecule has 0 fully saturated rings. The first-order chi connectivity index (χ1) is 8.72. The Hall–Kier alpha value is -1.84.